The highest BCUT2D eigenvalue weighted by molar-refractivity contribution is 5.90. The van der Waals surface area contributed by atoms with Crippen molar-refractivity contribution in [1.29, 1.82) is 0 Å². The molecular weight excluding hydrogens is 198 g/mol. The molecule has 6 heteroatoms. The van der Waals surface area contributed by atoms with Crippen LogP contribution in [0.25, 0.3) is 0 Å². The number of carbonyl (C=O) groups is 1. The van der Waals surface area contributed by atoms with Gasteiger partial charge in [0.05, 0.1) is 12.6 Å². The summed E-state index contributed by atoms with van der Waals surface area (Å²) >= 11 is 0. The molecule has 0 aliphatic rings. The molecule has 0 saturated carbocycles. The van der Waals surface area contributed by atoms with Gasteiger partial charge in [0.25, 0.3) is 0 Å². The molecule has 0 aromatic heterocycles. The lowest BCUT2D eigenvalue weighted by atomic mass is 10.0. The number of nitrogens with zero attached hydrogens (tertiary/aromatic N) is 1. The smallest absolute Gasteiger partial charge is 0.222 e. The average molecular weight is 217 g/mol. The predicted octanol–water partition coefficient (Wildman–Crippen LogP) is -0.0899. The van der Waals surface area contributed by atoms with Crippen molar-refractivity contribution in [2.45, 2.75) is 26.3 Å². The molecule has 1 atom stereocenters. The number of amides is 1. The largest absolute Gasteiger partial charge is 0.409 e. The highest BCUT2D eigenvalue weighted by Crippen LogP contribution is 2.02. The predicted molar refractivity (Wildman–Crippen MR) is 56.7 cm³/mol. The van der Waals surface area contributed by atoms with Gasteiger partial charge >= 0.3 is 0 Å². The van der Waals surface area contributed by atoms with Crippen LogP contribution in [0.1, 0.15) is 20.3 Å². The molecule has 0 spiro atoms. The lowest BCUT2D eigenvalue weighted by molar-refractivity contribution is -0.122. The number of hydrogen-bond acceptors (Lipinski definition) is 4. The van der Waals surface area contributed by atoms with Gasteiger partial charge in [0.1, 0.15) is 0 Å². The summed E-state index contributed by atoms with van der Waals surface area (Å²) in [6.45, 7) is 4.10. The fraction of sp³-hybridized carbons (Fsp3) is 0.778. The summed E-state index contributed by atoms with van der Waals surface area (Å²) in [5.41, 5.74) is 5.45. The molecule has 0 aliphatic heterocycles. The van der Waals surface area contributed by atoms with E-state index in [1.165, 1.54) is 7.11 Å². The van der Waals surface area contributed by atoms with Crippen molar-refractivity contribution in [2.24, 2.45) is 16.8 Å². The minimum absolute atomic E-state index is 0.00997. The van der Waals surface area contributed by atoms with Gasteiger partial charge in [0, 0.05) is 13.5 Å². The number of nitrogens with one attached hydrogen (secondary N) is 1. The average Bonchev–Trinajstić information content (AvgIpc) is 2.21. The van der Waals surface area contributed by atoms with E-state index >= 15 is 0 Å². The number of ether oxygens (including phenoxy) is 1. The highest BCUT2D eigenvalue weighted by Gasteiger charge is 2.20. The molecule has 0 aromatic rings. The Hall–Kier alpha value is -1.30. The molecule has 88 valence electrons. The number of amidine groups is 1. The first kappa shape index (κ1) is 13.7. The summed E-state index contributed by atoms with van der Waals surface area (Å²) in [6, 6.07) is -0.445. The number of carbonyl (C=O) groups excluding carboxylic acids is 1. The van der Waals surface area contributed by atoms with Crippen LogP contribution in [0.2, 0.25) is 0 Å². The van der Waals surface area contributed by atoms with E-state index < -0.39 is 6.04 Å². The molecule has 0 radical (unpaired) electrons. The Labute approximate surface area is 89.5 Å². The van der Waals surface area contributed by atoms with Gasteiger partial charge in [-0.2, -0.15) is 0 Å². The van der Waals surface area contributed by atoms with E-state index in [9.17, 15) is 4.79 Å². The number of rotatable bonds is 6. The Kier molecular flexibility index (Phi) is 6.44. The van der Waals surface area contributed by atoms with Crippen LogP contribution in [-0.4, -0.2) is 36.7 Å². The number of oxime groups is 1. The maximum Gasteiger partial charge on any atom is 0.222 e. The number of hydrogen-bond donors (Lipinski definition) is 3. The van der Waals surface area contributed by atoms with E-state index in [0.29, 0.717) is 6.61 Å². The molecular formula is C9H19N3O3. The van der Waals surface area contributed by atoms with Crippen molar-refractivity contribution < 1.29 is 14.7 Å². The highest BCUT2D eigenvalue weighted by atomic mass is 16.5. The zero-order valence-electron chi connectivity index (χ0n) is 9.36. The molecule has 0 rings (SSSR count). The van der Waals surface area contributed by atoms with Gasteiger partial charge in [-0.3, -0.25) is 4.79 Å². The minimum atomic E-state index is -0.445. The second kappa shape index (κ2) is 7.05. The monoisotopic (exact) mass is 217 g/mol. The zero-order valence-corrected chi connectivity index (χ0v) is 9.36. The number of methoxy groups -OCH3 is 1. The Balaban J connectivity index is 4.23. The molecule has 15 heavy (non-hydrogen) atoms. The molecule has 0 heterocycles. The lowest BCUT2D eigenvalue weighted by Gasteiger charge is -2.20. The third-order valence-electron chi connectivity index (χ3n) is 1.95. The summed E-state index contributed by atoms with van der Waals surface area (Å²) < 4.78 is 4.77. The summed E-state index contributed by atoms with van der Waals surface area (Å²) in [4.78, 5) is 11.4. The second-order valence-corrected chi connectivity index (χ2v) is 3.56. The van der Waals surface area contributed by atoms with E-state index in [1.807, 2.05) is 13.8 Å². The Morgan fingerprint density at radius 2 is 2.20 bits per heavy atom. The molecule has 1 unspecified atom stereocenters. The molecule has 0 saturated heterocycles. The quantitative estimate of drug-likeness (QED) is 0.251. The van der Waals surface area contributed by atoms with E-state index in [2.05, 4.69) is 10.5 Å². The van der Waals surface area contributed by atoms with Gasteiger partial charge in [0.15, 0.2) is 5.84 Å². The maximum atomic E-state index is 11.4. The van der Waals surface area contributed by atoms with E-state index in [4.69, 9.17) is 15.7 Å². The first-order chi connectivity index (χ1) is 7.02. The standard InChI is InChI=1S/C9H19N3O3/c1-6(2)8(9(10)12-14)11-7(13)4-5-15-3/h6,8,14H,4-5H2,1-3H3,(H2,10,12)(H,11,13). The Morgan fingerprint density at radius 3 is 2.60 bits per heavy atom. The van der Waals surface area contributed by atoms with Crippen molar-refractivity contribution >= 4 is 11.7 Å². The first-order valence-corrected chi connectivity index (χ1v) is 4.78. The van der Waals surface area contributed by atoms with Gasteiger partial charge in [-0.1, -0.05) is 19.0 Å². The topological polar surface area (TPSA) is 96.9 Å². The molecule has 0 aliphatic carbocycles. The number of nitrogens with two attached hydrogens (primary N) is 1. The van der Waals surface area contributed by atoms with Gasteiger partial charge in [-0.25, -0.2) is 0 Å². The third-order valence-corrected chi connectivity index (χ3v) is 1.95. The van der Waals surface area contributed by atoms with Crippen LogP contribution in [0.3, 0.4) is 0 Å². The molecule has 1 amide bonds. The fourth-order valence-corrected chi connectivity index (χ4v) is 1.08. The molecule has 0 fully saturated rings. The van der Waals surface area contributed by atoms with Crippen molar-refractivity contribution in [2.75, 3.05) is 13.7 Å². The van der Waals surface area contributed by atoms with Crippen LogP contribution in [0.15, 0.2) is 5.16 Å². The normalized spacial score (nSPS) is 14.0. The maximum absolute atomic E-state index is 11.4. The molecule has 0 aromatic carbocycles. The van der Waals surface area contributed by atoms with E-state index in [1.54, 1.807) is 0 Å². The second-order valence-electron chi connectivity index (χ2n) is 3.56. The van der Waals surface area contributed by atoms with Crippen molar-refractivity contribution in [3.05, 3.63) is 0 Å². The Morgan fingerprint density at radius 1 is 1.60 bits per heavy atom. The Bertz CT molecular complexity index is 229. The van der Waals surface area contributed by atoms with E-state index in [-0.39, 0.29) is 24.1 Å². The summed E-state index contributed by atoms with van der Waals surface area (Å²) in [5.74, 6) is -0.106. The lowest BCUT2D eigenvalue weighted by Crippen LogP contribution is -2.48. The van der Waals surface area contributed by atoms with Gasteiger partial charge in [0.2, 0.25) is 5.91 Å². The van der Waals surface area contributed by atoms with Gasteiger partial charge in [-0.05, 0) is 5.92 Å². The SMILES string of the molecule is COCCC(=O)NC(C(N)=NO)C(C)C. The molecule has 0 bridgehead atoms. The van der Waals surface area contributed by atoms with Crippen molar-refractivity contribution in [3.8, 4) is 0 Å². The van der Waals surface area contributed by atoms with Crippen LogP contribution in [0, 0.1) is 5.92 Å². The van der Waals surface area contributed by atoms with Crippen LogP contribution in [0.4, 0.5) is 0 Å². The van der Waals surface area contributed by atoms with Crippen LogP contribution in [0.5, 0.6) is 0 Å². The summed E-state index contributed by atoms with van der Waals surface area (Å²) in [6.07, 6.45) is 0.262. The molecule has 6 nitrogen and oxygen atoms in total. The summed E-state index contributed by atoms with van der Waals surface area (Å²) in [5, 5.41) is 14.1. The van der Waals surface area contributed by atoms with Crippen molar-refractivity contribution in [1.82, 2.24) is 5.32 Å². The first-order valence-electron chi connectivity index (χ1n) is 4.78. The van der Waals surface area contributed by atoms with Crippen LogP contribution < -0.4 is 11.1 Å². The minimum Gasteiger partial charge on any atom is -0.409 e. The molecule has 4 N–H and O–H groups in total. The van der Waals surface area contributed by atoms with Crippen LogP contribution in [-0.2, 0) is 9.53 Å². The fourth-order valence-electron chi connectivity index (χ4n) is 1.08. The van der Waals surface area contributed by atoms with Gasteiger partial charge in [-0.15, -0.1) is 0 Å². The zero-order chi connectivity index (χ0) is 11.8. The summed E-state index contributed by atoms with van der Waals surface area (Å²) in [7, 11) is 1.52. The third kappa shape index (κ3) is 5.21. The van der Waals surface area contributed by atoms with Crippen LogP contribution >= 0.6 is 0 Å². The van der Waals surface area contributed by atoms with Crippen molar-refractivity contribution in [3.63, 3.8) is 0 Å². The van der Waals surface area contributed by atoms with E-state index in [0.717, 1.165) is 0 Å². The van der Waals surface area contributed by atoms with Gasteiger partial charge < -0.3 is 21.0 Å².